The van der Waals surface area contributed by atoms with E-state index in [4.69, 9.17) is 11.6 Å². The molecule has 4 nitrogen and oxygen atoms in total. The van der Waals surface area contributed by atoms with Crippen LogP contribution < -0.4 is 5.32 Å². The minimum Gasteiger partial charge on any atom is -0.378 e. The standard InChI is InChI=1S/C9H10ClIN2O2/c1-2-3-12-9-7(10)4-6(11)5-8(9)13(14)15/h4-5,12H,2-3H2,1H3. The number of halogens is 2. The van der Waals surface area contributed by atoms with Gasteiger partial charge in [0.1, 0.15) is 5.69 Å². The van der Waals surface area contributed by atoms with E-state index < -0.39 is 4.92 Å². The number of hydrogen-bond donors (Lipinski definition) is 1. The van der Waals surface area contributed by atoms with Crippen LogP contribution in [0.5, 0.6) is 0 Å². The van der Waals surface area contributed by atoms with Gasteiger partial charge in [-0.25, -0.2) is 0 Å². The largest absolute Gasteiger partial charge is 0.378 e. The zero-order chi connectivity index (χ0) is 11.4. The lowest BCUT2D eigenvalue weighted by molar-refractivity contribution is -0.384. The van der Waals surface area contributed by atoms with Gasteiger partial charge >= 0.3 is 0 Å². The van der Waals surface area contributed by atoms with E-state index in [1.165, 1.54) is 6.07 Å². The van der Waals surface area contributed by atoms with Gasteiger partial charge in [-0.1, -0.05) is 18.5 Å². The van der Waals surface area contributed by atoms with Crippen molar-refractivity contribution in [2.45, 2.75) is 13.3 Å². The Hall–Kier alpha value is -0.560. The first-order chi connectivity index (χ1) is 7.06. The summed E-state index contributed by atoms with van der Waals surface area (Å²) in [7, 11) is 0. The summed E-state index contributed by atoms with van der Waals surface area (Å²) < 4.78 is 0.756. The van der Waals surface area contributed by atoms with Crippen LogP contribution in [0.2, 0.25) is 5.02 Å². The predicted octanol–water partition coefficient (Wildman–Crippen LogP) is 3.67. The number of anilines is 1. The molecule has 0 saturated heterocycles. The van der Waals surface area contributed by atoms with Gasteiger partial charge < -0.3 is 5.32 Å². The molecule has 1 aromatic carbocycles. The van der Waals surface area contributed by atoms with Crippen molar-refractivity contribution in [3.8, 4) is 0 Å². The summed E-state index contributed by atoms with van der Waals surface area (Å²) in [6.45, 7) is 2.65. The number of nitro benzene ring substituents is 1. The summed E-state index contributed by atoms with van der Waals surface area (Å²) in [6, 6.07) is 3.21. The molecule has 15 heavy (non-hydrogen) atoms. The van der Waals surface area contributed by atoms with Gasteiger partial charge in [0.25, 0.3) is 5.69 Å². The van der Waals surface area contributed by atoms with Gasteiger partial charge in [-0.3, -0.25) is 10.1 Å². The van der Waals surface area contributed by atoms with Gasteiger partial charge in [0.2, 0.25) is 0 Å². The van der Waals surface area contributed by atoms with E-state index >= 15 is 0 Å². The molecule has 0 fully saturated rings. The first kappa shape index (κ1) is 12.5. The lowest BCUT2D eigenvalue weighted by Gasteiger charge is -2.08. The molecule has 0 aliphatic heterocycles. The molecule has 0 spiro atoms. The second kappa shape index (κ2) is 5.50. The van der Waals surface area contributed by atoms with E-state index in [0.717, 1.165) is 9.99 Å². The third-order valence-electron chi connectivity index (χ3n) is 1.78. The number of hydrogen-bond acceptors (Lipinski definition) is 3. The molecule has 0 bridgehead atoms. The Labute approximate surface area is 106 Å². The number of benzene rings is 1. The molecule has 1 N–H and O–H groups in total. The third kappa shape index (κ3) is 3.20. The second-order valence-corrected chi connectivity index (χ2v) is 4.62. The summed E-state index contributed by atoms with van der Waals surface area (Å²) in [4.78, 5) is 10.4. The zero-order valence-electron chi connectivity index (χ0n) is 8.09. The molecule has 82 valence electrons. The summed E-state index contributed by atoms with van der Waals surface area (Å²) >= 11 is 7.94. The zero-order valence-corrected chi connectivity index (χ0v) is 11.0. The normalized spacial score (nSPS) is 10.1. The number of nitrogens with one attached hydrogen (secondary N) is 1. The fourth-order valence-corrected chi connectivity index (χ4v) is 2.20. The highest BCUT2D eigenvalue weighted by Crippen LogP contribution is 2.34. The monoisotopic (exact) mass is 340 g/mol. The molecule has 0 radical (unpaired) electrons. The maximum absolute atomic E-state index is 10.8. The Morgan fingerprint density at radius 3 is 2.80 bits per heavy atom. The Balaban J connectivity index is 3.15. The van der Waals surface area contributed by atoms with Crippen LogP contribution in [-0.4, -0.2) is 11.5 Å². The Morgan fingerprint density at radius 2 is 2.27 bits per heavy atom. The Kier molecular flexibility index (Phi) is 4.59. The number of nitro groups is 1. The first-order valence-electron chi connectivity index (χ1n) is 4.43. The maximum atomic E-state index is 10.8. The van der Waals surface area contributed by atoms with Crippen LogP contribution in [0.3, 0.4) is 0 Å². The highest BCUT2D eigenvalue weighted by Gasteiger charge is 2.17. The van der Waals surface area contributed by atoms with Crippen molar-refractivity contribution in [3.63, 3.8) is 0 Å². The second-order valence-electron chi connectivity index (χ2n) is 2.97. The Bertz CT molecular complexity index is 385. The lowest BCUT2D eigenvalue weighted by atomic mass is 10.2. The van der Waals surface area contributed by atoms with Gasteiger partial charge in [0, 0.05) is 16.2 Å². The molecule has 1 rings (SSSR count). The van der Waals surface area contributed by atoms with E-state index in [2.05, 4.69) is 5.32 Å². The van der Waals surface area contributed by atoms with Crippen LogP contribution in [0.4, 0.5) is 11.4 Å². The predicted molar refractivity (Wildman–Crippen MR) is 69.6 cm³/mol. The van der Waals surface area contributed by atoms with Crippen molar-refractivity contribution in [1.82, 2.24) is 0 Å². The van der Waals surface area contributed by atoms with Crippen LogP contribution in [0.1, 0.15) is 13.3 Å². The molecule has 0 aromatic heterocycles. The highest BCUT2D eigenvalue weighted by molar-refractivity contribution is 14.1. The first-order valence-corrected chi connectivity index (χ1v) is 5.89. The SMILES string of the molecule is CCCNc1c(Cl)cc(I)cc1[N+](=O)[O-]. The summed E-state index contributed by atoms with van der Waals surface area (Å²) in [5, 5.41) is 14.1. The van der Waals surface area contributed by atoms with Crippen molar-refractivity contribution >= 4 is 45.6 Å². The average molecular weight is 341 g/mol. The smallest absolute Gasteiger partial charge is 0.294 e. The topological polar surface area (TPSA) is 55.2 Å². The van der Waals surface area contributed by atoms with Crippen molar-refractivity contribution < 1.29 is 4.92 Å². The van der Waals surface area contributed by atoms with E-state index in [1.807, 2.05) is 29.5 Å². The van der Waals surface area contributed by atoms with E-state index in [1.54, 1.807) is 6.07 Å². The lowest BCUT2D eigenvalue weighted by Crippen LogP contribution is -2.04. The summed E-state index contributed by atoms with van der Waals surface area (Å²) in [6.07, 6.45) is 0.888. The number of rotatable bonds is 4. The fraction of sp³-hybridized carbons (Fsp3) is 0.333. The molecule has 1 aromatic rings. The van der Waals surface area contributed by atoms with E-state index in [-0.39, 0.29) is 5.69 Å². The minimum atomic E-state index is -0.425. The molecule has 0 saturated carbocycles. The molecule has 6 heteroatoms. The van der Waals surface area contributed by atoms with Crippen LogP contribution in [0, 0.1) is 13.7 Å². The van der Waals surface area contributed by atoms with Gasteiger partial charge in [-0.15, -0.1) is 0 Å². The highest BCUT2D eigenvalue weighted by atomic mass is 127. The Morgan fingerprint density at radius 1 is 1.60 bits per heavy atom. The van der Waals surface area contributed by atoms with E-state index in [0.29, 0.717) is 17.3 Å². The van der Waals surface area contributed by atoms with Crippen molar-refractivity contribution in [1.29, 1.82) is 0 Å². The van der Waals surface area contributed by atoms with Crippen LogP contribution in [-0.2, 0) is 0 Å². The molecule has 0 heterocycles. The fourth-order valence-electron chi connectivity index (χ4n) is 1.13. The molecule has 0 amide bonds. The average Bonchev–Trinajstić information content (AvgIpc) is 2.15. The quantitative estimate of drug-likeness (QED) is 0.517. The molecule has 0 unspecified atom stereocenters. The van der Waals surface area contributed by atoms with Crippen molar-refractivity contribution in [2.75, 3.05) is 11.9 Å². The molecular weight excluding hydrogens is 330 g/mol. The summed E-state index contributed by atoms with van der Waals surface area (Å²) in [5.41, 5.74) is 0.435. The maximum Gasteiger partial charge on any atom is 0.294 e. The van der Waals surface area contributed by atoms with Crippen LogP contribution in [0.15, 0.2) is 12.1 Å². The third-order valence-corrected chi connectivity index (χ3v) is 2.70. The van der Waals surface area contributed by atoms with Crippen molar-refractivity contribution in [2.24, 2.45) is 0 Å². The van der Waals surface area contributed by atoms with E-state index in [9.17, 15) is 10.1 Å². The molecular formula is C9H10ClIN2O2. The summed E-state index contributed by atoms with van der Waals surface area (Å²) in [5.74, 6) is 0. The van der Waals surface area contributed by atoms with Crippen molar-refractivity contribution in [3.05, 3.63) is 30.8 Å². The van der Waals surface area contributed by atoms with Crippen LogP contribution >= 0.6 is 34.2 Å². The molecule has 0 aliphatic carbocycles. The van der Waals surface area contributed by atoms with Gasteiger partial charge in [0.15, 0.2) is 0 Å². The molecule has 0 aliphatic rings. The molecule has 0 atom stereocenters. The van der Waals surface area contributed by atoms with Crippen LogP contribution in [0.25, 0.3) is 0 Å². The van der Waals surface area contributed by atoms with Gasteiger partial charge in [-0.2, -0.15) is 0 Å². The van der Waals surface area contributed by atoms with Gasteiger partial charge in [0.05, 0.1) is 9.95 Å². The minimum absolute atomic E-state index is 0.0281. The number of nitrogens with zero attached hydrogens (tertiary/aromatic N) is 1. The van der Waals surface area contributed by atoms with Gasteiger partial charge in [-0.05, 0) is 35.1 Å².